The Labute approximate surface area is 98.5 Å². The molecule has 0 aliphatic rings. The van der Waals surface area contributed by atoms with Crippen LogP contribution in [0.25, 0.3) is 0 Å². The second kappa shape index (κ2) is 5.87. The molecule has 0 saturated heterocycles. The van der Waals surface area contributed by atoms with Crippen molar-refractivity contribution in [1.29, 1.82) is 0 Å². The second-order valence-corrected chi connectivity index (χ2v) is 2.97. The van der Waals surface area contributed by atoms with Gasteiger partial charge in [-0.2, -0.15) is 5.10 Å². The molecule has 84 valence electrons. The van der Waals surface area contributed by atoms with Crippen molar-refractivity contribution in [3.05, 3.63) is 58.8 Å². The van der Waals surface area contributed by atoms with Gasteiger partial charge >= 0.3 is 0 Å². The van der Waals surface area contributed by atoms with E-state index in [1.54, 1.807) is 24.7 Å². The lowest BCUT2D eigenvalue weighted by Crippen LogP contribution is -2.29. The van der Waals surface area contributed by atoms with Crippen LogP contribution in [-0.2, 0) is 6.54 Å². The number of hydrogen-bond acceptors (Lipinski definition) is 4. The van der Waals surface area contributed by atoms with Crippen LogP contribution in [0.3, 0.4) is 0 Å². The highest BCUT2D eigenvalue weighted by molar-refractivity contribution is 5.85. The fourth-order valence-corrected chi connectivity index (χ4v) is 1.15. The molecular formula is C10H11ClN4O. The Bertz CT molecular complexity index is 485. The van der Waals surface area contributed by atoms with Crippen LogP contribution < -0.4 is 11.0 Å². The number of hydrogen-bond donors (Lipinski definition) is 1. The molecule has 0 aliphatic heterocycles. The topological polar surface area (TPSA) is 59.8 Å². The van der Waals surface area contributed by atoms with E-state index in [0.717, 1.165) is 5.56 Å². The maximum absolute atomic E-state index is 11.3. The van der Waals surface area contributed by atoms with Crippen LogP contribution in [0.4, 0.5) is 0 Å². The van der Waals surface area contributed by atoms with E-state index in [9.17, 15) is 4.79 Å². The predicted molar refractivity (Wildman–Crippen MR) is 63.0 cm³/mol. The molecule has 2 aromatic rings. The highest BCUT2D eigenvalue weighted by Crippen LogP contribution is 1.94. The highest BCUT2D eigenvalue weighted by Gasteiger charge is 1.94. The average Bonchev–Trinajstić information content (AvgIpc) is 2.29. The first-order valence-electron chi connectivity index (χ1n) is 4.53. The fourth-order valence-electron chi connectivity index (χ4n) is 1.15. The van der Waals surface area contributed by atoms with Crippen LogP contribution in [0.15, 0.2) is 47.7 Å². The maximum atomic E-state index is 11.3. The van der Waals surface area contributed by atoms with E-state index >= 15 is 0 Å². The van der Waals surface area contributed by atoms with Gasteiger partial charge in [0.1, 0.15) is 0 Å². The summed E-state index contributed by atoms with van der Waals surface area (Å²) in [5.41, 5.74) is 3.70. The lowest BCUT2D eigenvalue weighted by Gasteiger charge is -2.06. The second-order valence-electron chi connectivity index (χ2n) is 2.97. The smallest absolute Gasteiger partial charge is 0.285 e. The van der Waals surface area contributed by atoms with Crippen LogP contribution in [-0.4, -0.2) is 14.9 Å². The quantitative estimate of drug-likeness (QED) is 0.860. The predicted octanol–water partition coefficient (Wildman–Crippen LogP) is 0.804. The molecule has 5 nitrogen and oxygen atoms in total. The zero-order valence-electron chi connectivity index (χ0n) is 8.41. The molecule has 0 atom stereocenters. The summed E-state index contributed by atoms with van der Waals surface area (Å²) in [4.78, 5) is 16.4. The molecule has 0 spiro atoms. The molecule has 0 unspecified atom stereocenters. The summed E-state index contributed by atoms with van der Waals surface area (Å²) >= 11 is 0. The summed E-state index contributed by atoms with van der Waals surface area (Å²) in [7, 11) is 0. The average molecular weight is 239 g/mol. The first-order valence-corrected chi connectivity index (χ1v) is 4.53. The van der Waals surface area contributed by atoms with Crippen molar-refractivity contribution < 1.29 is 0 Å². The van der Waals surface area contributed by atoms with Gasteiger partial charge in [0.2, 0.25) is 0 Å². The highest BCUT2D eigenvalue weighted by atomic mass is 35.5. The van der Waals surface area contributed by atoms with Gasteiger partial charge in [-0.25, -0.2) is 0 Å². The van der Waals surface area contributed by atoms with Crippen LogP contribution in [0, 0.1) is 0 Å². The van der Waals surface area contributed by atoms with Gasteiger partial charge in [0, 0.05) is 24.7 Å². The number of pyridine rings is 1. The molecule has 2 aromatic heterocycles. The molecule has 1 N–H and O–H groups in total. The van der Waals surface area contributed by atoms with Gasteiger partial charge in [0.05, 0.1) is 6.54 Å². The number of aromatic nitrogens is 3. The van der Waals surface area contributed by atoms with Gasteiger partial charge in [-0.3, -0.25) is 9.78 Å². The summed E-state index contributed by atoms with van der Waals surface area (Å²) in [6.07, 6.45) is 5.00. The van der Waals surface area contributed by atoms with E-state index in [1.807, 2.05) is 12.1 Å². The zero-order valence-corrected chi connectivity index (χ0v) is 9.22. The Hall–Kier alpha value is -1.88. The summed E-state index contributed by atoms with van der Waals surface area (Å²) in [6.45, 7) is 0.519. The molecule has 0 saturated carbocycles. The van der Waals surface area contributed by atoms with Gasteiger partial charge in [-0.05, 0) is 17.7 Å². The lowest BCUT2D eigenvalue weighted by atomic mass is 10.3. The molecule has 0 aliphatic carbocycles. The largest absolute Gasteiger partial charge is 0.302 e. The first kappa shape index (κ1) is 12.2. The molecule has 16 heavy (non-hydrogen) atoms. The maximum Gasteiger partial charge on any atom is 0.285 e. The van der Waals surface area contributed by atoms with Crippen LogP contribution in [0.2, 0.25) is 0 Å². The van der Waals surface area contributed by atoms with Crippen LogP contribution >= 0.6 is 12.4 Å². The van der Waals surface area contributed by atoms with Crippen molar-refractivity contribution in [2.75, 3.05) is 5.43 Å². The SMILES string of the molecule is Cl.O=c1cccnn1NCc1cccnc1. The van der Waals surface area contributed by atoms with Crippen molar-refractivity contribution in [3.63, 3.8) is 0 Å². The Morgan fingerprint density at radius 3 is 2.75 bits per heavy atom. The minimum Gasteiger partial charge on any atom is -0.302 e. The van der Waals surface area contributed by atoms with Crippen molar-refractivity contribution in [2.45, 2.75) is 6.54 Å². The number of nitrogens with zero attached hydrogens (tertiary/aromatic N) is 3. The van der Waals surface area contributed by atoms with Gasteiger partial charge in [0.25, 0.3) is 5.56 Å². The number of rotatable bonds is 3. The number of nitrogens with one attached hydrogen (secondary N) is 1. The summed E-state index contributed by atoms with van der Waals surface area (Å²) in [6, 6.07) is 6.82. The summed E-state index contributed by atoms with van der Waals surface area (Å²) < 4.78 is 0. The summed E-state index contributed by atoms with van der Waals surface area (Å²) in [5.74, 6) is 0. The zero-order chi connectivity index (χ0) is 10.5. The van der Waals surface area contributed by atoms with Gasteiger partial charge in [0.15, 0.2) is 0 Å². The van der Waals surface area contributed by atoms with E-state index in [1.165, 1.54) is 10.9 Å². The first-order chi connectivity index (χ1) is 7.36. The molecule has 0 aromatic carbocycles. The number of halogens is 1. The van der Waals surface area contributed by atoms with Crippen molar-refractivity contribution >= 4 is 12.4 Å². The molecule has 0 radical (unpaired) electrons. The lowest BCUT2D eigenvalue weighted by molar-refractivity contribution is 0.681. The van der Waals surface area contributed by atoms with Gasteiger partial charge in [-0.15, -0.1) is 17.2 Å². The van der Waals surface area contributed by atoms with E-state index < -0.39 is 0 Å². The van der Waals surface area contributed by atoms with Crippen molar-refractivity contribution in [3.8, 4) is 0 Å². The minimum absolute atomic E-state index is 0. The Balaban J connectivity index is 0.00000128. The van der Waals surface area contributed by atoms with Gasteiger partial charge in [-0.1, -0.05) is 6.07 Å². The molecular weight excluding hydrogens is 228 g/mol. The molecule has 2 heterocycles. The van der Waals surface area contributed by atoms with E-state index in [2.05, 4.69) is 15.5 Å². The standard InChI is InChI=1S/C10H10N4O.ClH/c15-10-4-2-6-12-14(10)13-8-9-3-1-5-11-7-9;/h1-7,13H,8H2;1H. The molecule has 0 fully saturated rings. The third kappa shape index (κ3) is 3.06. The normalized spacial score (nSPS) is 9.25. The third-order valence-electron chi connectivity index (χ3n) is 1.87. The van der Waals surface area contributed by atoms with Crippen LogP contribution in [0.5, 0.6) is 0 Å². The summed E-state index contributed by atoms with van der Waals surface area (Å²) in [5, 5.41) is 3.87. The third-order valence-corrected chi connectivity index (χ3v) is 1.87. The Kier molecular flexibility index (Phi) is 4.47. The van der Waals surface area contributed by atoms with Gasteiger partial charge < -0.3 is 5.43 Å². The van der Waals surface area contributed by atoms with E-state index in [4.69, 9.17) is 0 Å². The van der Waals surface area contributed by atoms with Crippen molar-refractivity contribution in [2.24, 2.45) is 0 Å². The molecule has 0 bridgehead atoms. The van der Waals surface area contributed by atoms with Crippen molar-refractivity contribution in [1.82, 2.24) is 14.9 Å². The van der Waals surface area contributed by atoms with Crippen LogP contribution in [0.1, 0.15) is 5.56 Å². The fraction of sp³-hybridized carbons (Fsp3) is 0.100. The Morgan fingerprint density at radius 1 is 1.25 bits per heavy atom. The monoisotopic (exact) mass is 238 g/mol. The molecule has 2 rings (SSSR count). The minimum atomic E-state index is -0.179. The molecule has 0 amide bonds. The van der Waals surface area contributed by atoms with E-state index in [-0.39, 0.29) is 18.0 Å². The Morgan fingerprint density at radius 2 is 2.06 bits per heavy atom. The van der Waals surface area contributed by atoms with E-state index in [0.29, 0.717) is 6.54 Å². The molecule has 6 heteroatoms.